The van der Waals surface area contributed by atoms with Gasteiger partial charge in [-0.05, 0) is 36.0 Å². The zero-order valence-electron chi connectivity index (χ0n) is 18.9. The molecule has 5 nitrogen and oxygen atoms in total. The van der Waals surface area contributed by atoms with Crippen LogP contribution in [0.1, 0.15) is 43.8 Å². The molecule has 2 aliphatic heterocycles. The van der Waals surface area contributed by atoms with Crippen molar-refractivity contribution in [3.05, 3.63) is 60.2 Å². The number of hydrogen-bond donors (Lipinski definition) is 1. The van der Waals surface area contributed by atoms with Crippen molar-refractivity contribution in [3.63, 3.8) is 0 Å². The minimum atomic E-state index is -0.0311. The Labute approximate surface area is 191 Å². The normalized spacial score (nSPS) is 26.7. The van der Waals surface area contributed by atoms with Crippen LogP contribution < -0.4 is 5.32 Å². The lowest BCUT2D eigenvalue weighted by Gasteiger charge is -2.47. The van der Waals surface area contributed by atoms with Crippen molar-refractivity contribution in [2.45, 2.75) is 44.3 Å². The lowest BCUT2D eigenvalue weighted by atomic mass is 9.81. The van der Waals surface area contributed by atoms with Crippen LogP contribution in [0.15, 0.2) is 54.6 Å². The summed E-state index contributed by atoms with van der Waals surface area (Å²) in [6.45, 7) is 5.48. The van der Waals surface area contributed by atoms with Crippen molar-refractivity contribution in [1.82, 2.24) is 15.1 Å². The second-order valence-corrected chi connectivity index (χ2v) is 9.39. The lowest BCUT2D eigenvalue weighted by Crippen LogP contribution is -2.59. The van der Waals surface area contributed by atoms with Crippen LogP contribution in [0.3, 0.4) is 0 Å². The van der Waals surface area contributed by atoms with Crippen molar-refractivity contribution in [3.8, 4) is 11.1 Å². The molecular formula is C27H35N3O2. The maximum absolute atomic E-state index is 13.6. The Morgan fingerprint density at radius 3 is 2.38 bits per heavy atom. The van der Waals surface area contributed by atoms with Crippen LogP contribution >= 0.6 is 0 Å². The smallest absolute Gasteiger partial charge is 0.228 e. The molecule has 2 saturated heterocycles. The average molecular weight is 434 g/mol. The van der Waals surface area contributed by atoms with Gasteiger partial charge in [0.2, 0.25) is 5.91 Å². The van der Waals surface area contributed by atoms with Crippen LogP contribution in [0.5, 0.6) is 0 Å². The maximum Gasteiger partial charge on any atom is 0.228 e. The zero-order chi connectivity index (χ0) is 21.8. The van der Waals surface area contributed by atoms with Crippen molar-refractivity contribution < 1.29 is 9.53 Å². The van der Waals surface area contributed by atoms with Gasteiger partial charge in [-0.3, -0.25) is 15.0 Å². The van der Waals surface area contributed by atoms with Gasteiger partial charge in [0, 0.05) is 32.2 Å². The molecule has 5 rings (SSSR count). The van der Waals surface area contributed by atoms with Gasteiger partial charge in [0.1, 0.15) is 6.17 Å². The van der Waals surface area contributed by atoms with E-state index in [0.717, 1.165) is 58.7 Å². The highest BCUT2D eigenvalue weighted by atomic mass is 16.5. The summed E-state index contributed by atoms with van der Waals surface area (Å²) >= 11 is 0. The highest BCUT2D eigenvalue weighted by Crippen LogP contribution is 2.35. The molecule has 1 amide bonds. The number of benzene rings is 2. The standard InChI is InChI=1S/C27H35N3O2/c31-27-24-9-4-5-10-25(24)28-26(30(27)16-6-15-29-17-19-32-20-18-29)23-13-11-22(12-14-23)21-7-2-1-3-8-21/h1-3,7-8,11-14,24-26,28H,4-6,9-10,15-20H2. The predicted octanol–water partition coefficient (Wildman–Crippen LogP) is 4.07. The van der Waals surface area contributed by atoms with E-state index in [2.05, 4.69) is 63.6 Å². The van der Waals surface area contributed by atoms with Crippen molar-refractivity contribution in [2.75, 3.05) is 39.4 Å². The third-order valence-electron chi connectivity index (χ3n) is 7.36. The Kier molecular flexibility index (Phi) is 6.86. The van der Waals surface area contributed by atoms with Crippen LogP contribution in [-0.2, 0) is 9.53 Å². The summed E-state index contributed by atoms with van der Waals surface area (Å²) in [5, 5.41) is 3.87. The van der Waals surface area contributed by atoms with Crippen LogP contribution in [0, 0.1) is 5.92 Å². The summed E-state index contributed by atoms with van der Waals surface area (Å²) in [5.41, 5.74) is 3.63. The van der Waals surface area contributed by atoms with E-state index >= 15 is 0 Å². The van der Waals surface area contributed by atoms with Gasteiger partial charge < -0.3 is 9.64 Å². The zero-order valence-corrected chi connectivity index (χ0v) is 18.9. The first kappa shape index (κ1) is 21.6. The molecule has 170 valence electrons. The highest BCUT2D eigenvalue weighted by molar-refractivity contribution is 5.81. The summed E-state index contributed by atoms with van der Waals surface area (Å²) in [5.74, 6) is 0.500. The van der Waals surface area contributed by atoms with E-state index in [1.807, 2.05) is 6.07 Å². The first-order valence-corrected chi connectivity index (χ1v) is 12.3. The molecule has 3 atom stereocenters. The third-order valence-corrected chi connectivity index (χ3v) is 7.36. The molecule has 32 heavy (non-hydrogen) atoms. The van der Waals surface area contributed by atoms with E-state index in [1.165, 1.54) is 29.5 Å². The molecule has 1 saturated carbocycles. The topological polar surface area (TPSA) is 44.8 Å². The number of carbonyl (C=O) groups is 1. The fourth-order valence-corrected chi connectivity index (χ4v) is 5.55. The number of nitrogens with one attached hydrogen (secondary N) is 1. The molecule has 2 aromatic rings. The van der Waals surface area contributed by atoms with Gasteiger partial charge >= 0.3 is 0 Å². The first-order chi connectivity index (χ1) is 15.8. The molecule has 1 aliphatic carbocycles. The monoisotopic (exact) mass is 433 g/mol. The maximum atomic E-state index is 13.6. The number of carbonyl (C=O) groups excluding carboxylic acids is 1. The summed E-state index contributed by atoms with van der Waals surface area (Å²) in [6.07, 6.45) is 5.50. The number of ether oxygens (including phenoxy) is 1. The number of rotatable bonds is 6. The van der Waals surface area contributed by atoms with Crippen LogP contribution in [0.4, 0.5) is 0 Å². The second kappa shape index (κ2) is 10.2. The number of morpholine rings is 1. The number of fused-ring (bicyclic) bond motifs is 1. The van der Waals surface area contributed by atoms with E-state index in [0.29, 0.717) is 11.9 Å². The Bertz CT molecular complexity index is 880. The largest absolute Gasteiger partial charge is 0.379 e. The van der Waals surface area contributed by atoms with Crippen molar-refractivity contribution in [1.29, 1.82) is 0 Å². The third kappa shape index (κ3) is 4.75. The molecule has 3 aliphatic rings. The van der Waals surface area contributed by atoms with E-state index in [1.54, 1.807) is 0 Å². The van der Waals surface area contributed by atoms with E-state index in [-0.39, 0.29) is 12.1 Å². The summed E-state index contributed by atoms with van der Waals surface area (Å²) < 4.78 is 5.47. The first-order valence-electron chi connectivity index (χ1n) is 12.3. The van der Waals surface area contributed by atoms with E-state index < -0.39 is 0 Å². The Balaban J connectivity index is 1.32. The van der Waals surface area contributed by atoms with Gasteiger partial charge in [0.15, 0.2) is 0 Å². The Hall–Kier alpha value is -2.21. The highest BCUT2D eigenvalue weighted by Gasteiger charge is 2.42. The molecule has 0 aromatic heterocycles. The van der Waals surface area contributed by atoms with Crippen LogP contribution in [-0.4, -0.2) is 61.1 Å². The molecule has 0 bridgehead atoms. The van der Waals surface area contributed by atoms with E-state index in [4.69, 9.17) is 4.74 Å². The fourth-order valence-electron chi connectivity index (χ4n) is 5.55. The molecule has 2 aromatic carbocycles. The lowest BCUT2D eigenvalue weighted by molar-refractivity contribution is -0.147. The molecule has 0 spiro atoms. The number of nitrogens with zero attached hydrogens (tertiary/aromatic N) is 2. The van der Waals surface area contributed by atoms with Crippen molar-refractivity contribution >= 4 is 5.91 Å². The predicted molar refractivity (Wildman–Crippen MR) is 127 cm³/mol. The van der Waals surface area contributed by atoms with Crippen LogP contribution in [0.25, 0.3) is 11.1 Å². The molecule has 3 fully saturated rings. The molecular weight excluding hydrogens is 398 g/mol. The quantitative estimate of drug-likeness (QED) is 0.746. The Morgan fingerprint density at radius 2 is 1.59 bits per heavy atom. The Morgan fingerprint density at radius 1 is 0.875 bits per heavy atom. The summed E-state index contributed by atoms with van der Waals surface area (Å²) in [7, 11) is 0. The minimum absolute atomic E-state index is 0.0311. The van der Waals surface area contributed by atoms with Gasteiger partial charge in [-0.25, -0.2) is 0 Å². The van der Waals surface area contributed by atoms with Gasteiger partial charge in [0.25, 0.3) is 0 Å². The molecule has 1 N–H and O–H groups in total. The van der Waals surface area contributed by atoms with E-state index in [9.17, 15) is 4.79 Å². The van der Waals surface area contributed by atoms with Crippen molar-refractivity contribution in [2.24, 2.45) is 5.92 Å². The number of amides is 1. The second-order valence-electron chi connectivity index (χ2n) is 9.39. The summed E-state index contributed by atoms with van der Waals surface area (Å²) in [4.78, 5) is 18.2. The average Bonchev–Trinajstić information content (AvgIpc) is 2.86. The van der Waals surface area contributed by atoms with Gasteiger partial charge in [0.05, 0.1) is 19.1 Å². The SMILES string of the molecule is O=C1C2CCCCC2NC(c2ccc(-c3ccccc3)cc2)N1CCCN1CCOCC1. The molecule has 5 heteroatoms. The van der Waals surface area contributed by atoms with Gasteiger partial charge in [-0.1, -0.05) is 67.4 Å². The minimum Gasteiger partial charge on any atom is -0.379 e. The fraction of sp³-hybridized carbons (Fsp3) is 0.519. The molecule has 0 radical (unpaired) electrons. The molecule has 3 unspecified atom stereocenters. The summed E-state index contributed by atoms with van der Waals surface area (Å²) in [6, 6.07) is 19.6. The van der Waals surface area contributed by atoms with Crippen LogP contribution in [0.2, 0.25) is 0 Å². The van der Waals surface area contributed by atoms with Gasteiger partial charge in [-0.2, -0.15) is 0 Å². The number of hydrogen-bond acceptors (Lipinski definition) is 4. The molecule has 2 heterocycles. The van der Waals surface area contributed by atoms with Gasteiger partial charge in [-0.15, -0.1) is 0 Å².